The van der Waals surface area contributed by atoms with Gasteiger partial charge in [0.2, 0.25) is 0 Å². The number of hydrogen-bond donors (Lipinski definition) is 0. The van der Waals surface area contributed by atoms with E-state index in [4.69, 9.17) is 0 Å². The first-order valence-corrected chi connectivity index (χ1v) is 8.72. The van der Waals surface area contributed by atoms with Crippen molar-refractivity contribution >= 4 is 11.8 Å². The summed E-state index contributed by atoms with van der Waals surface area (Å²) >= 11 is 2.30. The van der Waals surface area contributed by atoms with Crippen molar-refractivity contribution in [3.05, 3.63) is 10.5 Å². The van der Waals surface area contributed by atoms with E-state index in [0.29, 0.717) is 0 Å². The number of hydrogen-bond acceptors (Lipinski definition) is 1. The van der Waals surface area contributed by atoms with Crippen molar-refractivity contribution in [2.45, 2.75) is 82.3 Å². The number of fused-ring (bicyclic) bond motifs is 2. The monoisotopic (exact) mass is 250 g/mol. The lowest BCUT2D eigenvalue weighted by atomic mass is 9.86. The molecule has 0 spiro atoms. The minimum atomic E-state index is 0.983. The Kier molecular flexibility index (Phi) is 4.16. The zero-order valence-electron chi connectivity index (χ0n) is 11.0. The van der Waals surface area contributed by atoms with Gasteiger partial charge in [-0.15, -0.1) is 11.8 Å². The molecule has 2 atom stereocenters. The summed E-state index contributed by atoms with van der Waals surface area (Å²) in [5.74, 6) is 0.992. The predicted octanol–water partition coefficient (Wildman–Crippen LogP) is 5.68. The molecule has 1 aliphatic heterocycles. The minimum absolute atomic E-state index is 0.983. The Morgan fingerprint density at radius 3 is 2.35 bits per heavy atom. The van der Waals surface area contributed by atoms with Gasteiger partial charge in [0.25, 0.3) is 0 Å². The maximum Gasteiger partial charge on any atom is 0.0157 e. The molecule has 0 aromatic heterocycles. The first-order chi connectivity index (χ1) is 8.45. The SMILES string of the molecule is C1CCCC2SC3=C(CCCCC3)C2CCC1. The molecule has 0 aromatic carbocycles. The normalized spacial score (nSPS) is 35.3. The maximum absolute atomic E-state index is 2.30. The first-order valence-electron chi connectivity index (χ1n) is 7.84. The van der Waals surface area contributed by atoms with Crippen LogP contribution in [0, 0.1) is 5.92 Å². The molecular formula is C16H26S. The van der Waals surface area contributed by atoms with Gasteiger partial charge < -0.3 is 0 Å². The van der Waals surface area contributed by atoms with E-state index < -0.39 is 0 Å². The molecule has 96 valence electrons. The molecule has 0 saturated heterocycles. The summed E-state index contributed by atoms with van der Waals surface area (Å²) in [4.78, 5) is 1.85. The van der Waals surface area contributed by atoms with Crippen molar-refractivity contribution in [1.29, 1.82) is 0 Å². The summed E-state index contributed by atoms with van der Waals surface area (Å²) in [5, 5.41) is 0.983. The molecule has 1 heteroatoms. The van der Waals surface area contributed by atoms with Crippen molar-refractivity contribution in [1.82, 2.24) is 0 Å². The average molecular weight is 250 g/mol. The Bertz CT molecular complexity index is 292. The van der Waals surface area contributed by atoms with Crippen LogP contribution in [-0.4, -0.2) is 5.25 Å². The van der Waals surface area contributed by atoms with Crippen LogP contribution in [0.3, 0.4) is 0 Å². The Balaban J connectivity index is 1.75. The summed E-state index contributed by atoms with van der Waals surface area (Å²) in [6, 6.07) is 0. The van der Waals surface area contributed by atoms with E-state index in [1.54, 1.807) is 0 Å². The second kappa shape index (κ2) is 5.82. The molecule has 0 bridgehead atoms. The molecule has 3 aliphatic rings. The molecule has 0 N–H and O–H groups in total. The van der Waals surface area contributed by atoms with Gasteiger partial charge in [-0.1, -0.05) is 44.1 Å². The zero-order chi connectivity index (χ0) is 11.5. The van der Waals surface area contributed by atoms with Gasteiger partial charge in [0.05, 0.1) is 0 Å². The standard InChI is InChI=1S/C16H26S/c1-2-5-9-13-14-10-6-4-8-12-16(14)17-15(13)11-7-3-1/h13,15H,1-12H2. The summed E-state index contributed by atoms with van der Waals surface area (Å²) in [7, 11) is 0. The van der Waals surface area contributed by atoms with Gasteiger partial charge in [-0.3, -0.25) is 0 Å². The number of allylic oxidation sites excluding steroid dienone is 2. The predicted molar refractivity (Wildman–Crippen MR) is 77.3 cm³/mol. The van der Waals surface area contributed by atoms with E-state index in [1.807, 2.05) is 10.5 Å². The van der Waals surface area contributed by atoms with E-state index in [9.17, 15) is 0 Å². The summed E-state index contributed by atoms with van der Waals surface area (Å²) in [5.41, 5.74) is 1.93. The Morgan fingerprint density at radius 1 is 0.706 bits per heavy atom. The maximum atomic E-state index is 2.30. The van der Waals surface area contributed by atoms with Crippen molar-refractivity contribution in [3.8, 4) is 0 Å². The van der Waals surface area contributed by atoms with Gasteiger partial charge in [0, 0.05) is 5.25 Å². The highest BCUT2D eigenvalue weighted by molar-refractivity contribution is 8.04. The molecule has 0 amide bonds. The highest BCUT2D eigenvalue weighted by Gasteiger charge is 2.34. The van der Waals surface area contributed by atoms with Crippen molar-refractivity contribution < 1.29 is 0 Å². The lowest BCUT2D eigenvalue weighted by molar-refractivity contribution is 0.490. The van der Waals surface area contributed by atoms with Gasteiger partial charge in [0.15, 0.2) is 0 Å². The fraction of sp³-hybridized carbons (Fsp3) is 0.875. The van der Waals surface area contributed by atoms with E-state index >= 15 is 0 Å². The third-order valence-corrected chi connectivity index (χ3v) is 6.52. The van der Waals surface area contributed by atoms with Gasteiger partial charge in [-0.2, -0.15) is 0 Å². The Hall–Kier alpha value is 0.0900. The smallest absolute Gasteiger partial charge is 0.0157 e. The third-order valence-electron chi connectivity index (χ3n) is 4.90. The van der Waals surface area contributed by atoms with Crippen LogP contribution in [0.4, 0.5) is 0 Å². The molecule has 2 unspecified atom stereocenters. The van der Waals surface area contributed by atoms with Crippen LogP contribution in [0.5, 0.6) is 0 Å². The molecule has 1 fully saturated rings. The lowest BCUT2D eigenvalue weighted by Gasteiger charge is -2.21. The fourth-order valence-electron chi connectivity index (χ4n) is 3.95. The topological polar surface area (TPSA) is 0 Å². The summed E-state index contributed by atoms with van der Waals surface area (Å²) < 4.78 is 0. The quantitative estimate of drug-likeness (QED) is 0.533. The van der Waals surface area contributed by atoms with E-state index in [0.717, 1.165) is 11.2 Å². The van der Waals surface area contributed by atoms with E-state index in [1.165, 1.54) is 77.0 Å². The fourth-order valence-corrected chi connectivity index (χ4v) is 5.74. The van der Waals surface area contributed by atoms with Crippen molar-refractivity contribution in [2.75, 3.05) is 0 Å². The van der Waals surface area contributed by atoms with Crippen LogP contribution in [0.1, 0.15) is 77.0 Å². The molecule has 0 nitrogen and oxygen atoms in total. The molecular weight excluding hydrogens is 224 g/mol. The second-order valence-corrected chi connectivity index (χ2v) is 7.45. The first kappa shape index (κ1) is 12.1. The van der Waals surface area contributed by atoms with E-state index in [2.05, 4.69) is 11.8 Å². The highest BCUT2D eigenvalue weighted by Crippen LogP contribution is 2.51. The van der Waals surface area contributed by atoms with Crippen LogP contribution >= 0.6 is 11.8 Å². The molecule has 17 heavy (non-hydrogen) atoms. The van der Waals surface area contributed by atoms with Gasteiger partial charge >= 0.3 is 0 Å². The molecule has 2 aliphatic carbocycles. The van der Waals surface area contributed by atoms with Crippen LogP contribution in [0.15, 0.2) is 10.5 Å². The summed E-state index contributed by atoms with van der Waals surface area (Å²) in [6.07, 6.45) is 17.8. The largest absolute Gasteiger partial charge is 0.127 e. The van der Waals surface area contributed by atoms with Gasteiger partial charge in [0.1, 0.15) is 0 Å². The van der Waals surface area contributed by atoms with Crippen LogP contribution in [-0.2, 0) is 0 Å². The molecule has 0 aromatic rings. The van der Waals surface area contributed by atoms with Gasteiger partial charge in [-0.25, -0.2) is 0 Å². The molecule has 3 rings (SSSR count). The molecule has 1 saturated carbocycles. The minimum Gasteiger partial charge on any atom is -0.127 e. The van der Waals surface area contributed by atoms with Crippen LogP contribution in [0.2, 0.25) is 0 Å². The van der Waals surface area contributed by atoms with Crippen LogP contribution in [0.25, 0.3) is 0 Å². The van der Waals surface area contributed by atoms with Crippen molar-refractivity contribution in [2.24, 2.45) is 5.92 Å². The molecule has 1 heterocycles. The van der Waals surface area contributed by atoms with E-state index in [-0.39, 0.29) is 0 Å². The Labute approximate surface area is 111 Å². The molecule has 0 radical (unpaired) electrons. The summed E-state index contributed by atoms with van der Waals surface area (Å²) in [6.45, 7) is 0. The number of rotatable bonds is 0. The average Bonchev–Trinajstić information content (AvgIpc) is 2.55. The number of thioether (sulfide) groups is 1. The highest BCUT2D eigenvalue weighted by atomic mass is 32.2. The Morgan fingerprint density at radius 2 is 1.41 bits per heavy atom. The zero-order valence-corrected chi connectivity index (χ0v) is 11.9. The van der Waals surface area contributed by atoms with Crippen LogP contribution < -0.4 is 0 Å². The second-order valence-electron chi connectivity index (χ2n) is 6.12. The van der Waals surface area contributed by atoms with Crippen molar-refractivity contribution in [3.63, 3.8) is 0 Å². The third kappa shape index (κ3) is 2.75. The lowest BCUT2D eigenvalue weighted by Crippen LogP contribution is -2.14. The van der Waals surface area contributed by atoms with Gasteiger partial charge in [-0.05, 0) is 49.3 Å².